The molecular weight excluding hydrogens is 174 g/mol. The van der Waals surface area contributed by atoms with Gasteiger partial charge >= 0.3 is 0 Å². The van der Waals surface area contributed by atoms with Crippen molar-refractivity contribution in [2.45, 2.75) is 31.5 Å². The summed E-state index contributed by atoms with van der Waals surface area (Å²) in [5.41, 5.74) is 5.72. The number of thioether (sulfide) groups is 1. The first-order chi connectivity index (χ1) is 5.72. The third-order valence-electron chi connectivity index (χ3n) is 1.45. The Morgan fingerprint density at radius 2 is 2.33 bits per heavy atom. The third kappa shape index (κ3) is 2.83. The standard InChI is InChI=1S/C7H13N3OS/c1-3-6(8)4-12-7-10-9-5(2)11-7/h6H,3-4,8H2,1-2H3. The van der Waals surface area contributed by atoms with Crippen LogP contribution >= 0.6 is 11.8 Å². The molecule has 1 heterocycles. The molecule has 5 heteroatoms. The average Bonchev–Trinajstić information content (AvgIpc) is 2.47. The van der Waals surface area contributed by atoms with Crippen LogP contribution < -0.4 is 5.73 Å². The van der Waals surface area contributed by atoms with Crippen LogP contribution in [0.3, 0.4) is 0 Å². The Balaban J connectivity index is 2.33. The lowest BCUT2D eigenvalue weighted by Gasteiger charge is -2.03. The van der Waals surface area contributed by atoms with E-state index < -0.39 is 0 Å². The second-order valence-corrected chi connectivity index (χ2v) is 3.54. The molecule has 0 spiro atoms. The minimum atomic E-state index is 0.210. The number of nitrogens with two attached hydrogens (primary N) is 1. The van der Waals surface area contributed by atoms with Gasteiger partial charge in [-0.2, -0.15) is 0 Å². The molecule has 0 saturated carbocycles. The molecule has 0 saturated heterocycles. The first-order valence-electron chi connectivity index (χ1n) is 3.91. The summed E-state index contributed by atoms with van der Waals surface area (Å²) in [5, 5.41) is 8.16. The summed E-state index contributed by atoms with van der Waals surface area (Å²) >= 11 is 1.51. The van der Waals surface area contributed by atoms with Gasteiger partial charge in [0.15, 0.2) is 0 Å². The summed E-state index contributed by atoms with van der Waals surface area (Å²) in [6, 6.07) is 0.210. The van der Waals surface area contributed by atoms with Crippen LogP contribution in [-0.4, -0.2) is 22.0 Å². The Labute approximate surface area is 75.9 Å². The molecule has 1 aromatic rings. The van der Waals surface area contributed by atoms with Gasteiger partial charge in [0.05, 0.1) is 0 Å². The lowest BCUT2D eigenvalue weighted by molar-refractivity contribution is 0.429. The van der Waals surface area contributed by atoms with Crippen molar-refractivity contribution in [2.75, 3.05) is 5.75 Å². The second-order valence-electron chi connectivity index (χ2n) is 2.57. The first-order valence-corrected chi connectivity index (χ1v) is 4.89. The van der Waals surface area contributed by atoms with Gasteiger partial charge < -0.3 is 10.2 Å². The highest BCUT2D eigenvalue weighted by Crippen LogP contribution is 2.16. The molecule has 0 aliphatic rings. The van der Waals surface area contributed by atoms with E-state index in [2.05, 4.69) is 17.1 Å². The van der Waals surface area contributed by atoms with Crippen molar-refractivity contribution in [2.24, 2.45) is 5.73 Å². The van der Waals surface area contributed by atoms with E-state index in [0.717, 1.165) is 12.2 Å². The topological polar surface area (TPSA) is 64.9 Å². The Morgan fingerprint density at radius 1 is 1.58 bits per heavy atom. The minimum absolute atomic E-state index is 0.210. The van der Waals surface area contributed by atoms with Crippen LogP contribution in [0.1, 0.15) is 19.2 Å². The van der Waals surface area contributed by atoms with Crippen LogP contribution in [0.15, 0.2) is 9.64 Å². The van der Waals surface area contributed by atoms with Gasteiger partial charge in [0, 0.05) is 18.7 Å². The molecule has 2 N–H and O–H groups in total. The van der Waals surface area contributed by atoms with E-state index in [1.54, 1.807) is 6.92 Å². The molecular formula is C7H13N3OS. The van der Waals surface area contributed by atoms with E-state index in [0.29, 0.717) is 11.1 Å². The highest BCUT2D eigenvalue weighted by atomic mass is 32.2. The maximum Gasteiger partial charge on any atom is 0.276 e. The molecule has 1 rings (SSSR count). The van der Waals surface area contributed by atoms with Crippen LogP contribution in [0.25, 0.3) is 0 Å². The fourth-order valence-corrected chi connectivity index (χ4v) is 1.50. The molecule has 0 amide bonds. The van der Waals surface area contributed by atoms with Crippen molar-refractivity contribution in [3.05, 3.63) is 5.89 Å². The van der Waals surface area contributed by atoms with Gasteiger partial charge in [-0.1, -0.05) is 18.7 Å². The smallest absolute Gasteiger partial charge is 0.276 e. The maximum absolute atomic E-state index is 5.72. The highest BCUT2D eigenvalue weighted by Gasteiger charge is 2.05. The lowest BCUT2D eigenvalue weighted by atomic mass is 10.3. The van der Waals surface area contributed by atoms with Crippen LogP contribution in [0.5, 0.6) is 0 Å². The number of aromatic nitrogens is 2. The van der Waals surface area contributed by atoms with Crippen LogP contribution in [0, 0.1) is 6.92 Å². The van der Waals surface area contributed by atoms with Crippen molar-refractivity contribution in [3.8, 4) is 0 Å². The van der Waals surface area contributed by atoms with E-state index in [1.807, 2.05) is 0 Å². The first kappa shape index (κ1) is 9.54. The summed E-state index contributed by atoms with van der Waals surface area (Å²) in [6.45, 7) is 3.83. The van der Waals surface area contributed by atoms with E-state index in [9.17, 15) is 0 Å². The summed E-state index contributed by atoms with van der Waals surface area (Å²) < 4.78 is 5.16. The Kier molecular flexibility index (Phi) is 3.55. The largest absolute Gasteiger partial charge is 0.416 e. The predicted molar refractivity (Wildman–Crippen MR) is 48.0 cm³/mol. The molecule has 12 heavy (non-hydrogen) atoms. The molecule has 0 aliphatic heterocycles. The van der Waals surface area contributed by atoms with Crippen LogP contribution in [0.2, 0.25) is 0 Å². The zero-order chi connectivity index (χ0) is 8.97. The summed E-state index contributed by atoms with van der Waals surface area (Å²) in [7, 11) is 0. The average molecular weight is 187 g/mol. The molecule has 0 aliphatic carbocycles. The van der Waals surface area contributed by atoms with Gasteiger partial charge in [0.1, 0.15) is 0 Å². The van der Waals surface area contributed by atoms with Gasteiger partial charge in [-0.25, -0.2) is 0 Å². The number of hydrogen-bond acceptors (Lipinski definition) is 5. The van der Waals surface area contributed by atoms with Crippen molar-refractivity contribution in [1.29, 1.82) is 0 Å². The summed E-state index contributed by atoms with van der Waals surface area (Å²) in [6.07, 6.45) is 0.972. The van der Waals surface area contributed by atoms with E-state index in [1.165, 1.54) is 11.8 Å². The van der Waals surface area contributed by atoms with E-state index in [4.69, 9.17) is 10.2 Å². The lowest BCUT2D eigenvalue weighted by Crippen LogP contribution is -2.21. The summed E-state index contributed by atoms with van der Waals surface area (Å²) in [4.78, 5) is 0. The predicted octanol–water partition coefficient (Wildman–Crippen LogP) is 1.21. The summed E-state index contributed by atoms with van der Waals surface area (Å²) in [5.74, 6) is 1.43. The molecule has 0 aromatic carbocycles. The SMILES string of the molecule is CCC(N)CSc1nnc(C)o1. The quantitative estimate of drug-likeness (QED) is 0.718. The highest BCUT2D eigenvalue weighted by molar-refractivity contribution is 7.99. The number of rotatable bonds is 4. The van der Waals surface area contributed by atoms with Gasteiger partial charge in [-0.05, 0) is 6.42 Å². The Hall–Kier alpha value is -0.550. The van der Waals surface area contributed by atoms with Gasteiger partial charge in [0.2, 0.25) is 5.89 Å². The van der Waals surface area contributed by atoms with Crippen molar-refractivity contribution < 1.29 is 4.42 Å². The van der Waals surface area contributed by atoms with Crippen molar-refractivity contribution in [3.63, 3.8) is 0 Å². The molecule has 0 fully saturated rings. The monoisotopic (exact) mass is 187 g/mol. The van der Waals surface area contributed by atoms with Crippen molar-refractivity contribution >= 4 is 11.8 Å². The van der Waals surface area contributed by atoms with E-state index >= 15 is 0 Å². The zero-order valence-corrected chi connectivity index (χ0v) is 8.10. The molecule has 4 nitrogen and oxygen atoms in total. The normalized spacial score (nSPS) is 13.2. The molecule has 1 aromatic heterocycles. The van der Waals surface area contributed by atoms with Crippen LogP contribution in [-0.2, 0) is 0 Å². The molecule has 0 radical (unpaired) electrons. The van der Waals surface area contributed by atoms with Crippen LogP contribution in [0.4, 0.5) is 0 Å². The Bertz CT molecular complexity index is 238. The number of nitrogens with zero attached hydrogens (tertiary/aromatic N) is 2. The van der Waals surface area contributed by atoms with E-state index in [-0.39, 0.29) is 6.04 Å². The second kappa shape index (κ2) is 4.47. The third-order valence-corrected chi connectivity index (χ3v) is 2.46. The van der Waals surface area contributed by atoms with Gasteiger partial charge in [-0.3, -0.25) is 0 Å². The van der Waals surface area contributed by atoms with Gasteiger partial charge in [0.25, 0.3) is 5.22 Å². The molecule has 68 valence electrons. The van der Waals surface area contributed by atoms with Crippen molar-refractivity contribution in [1.82, 2.24) is 10.2 Å². The minimum Gasteiger partial charge on any atom is -0.416 e. The van der Waals surface area contributed by atoms with Gasteiger partial charge in [-0.15, -0.1) is 10.2 Å². The number of aryl methyl sites for hydroxylation is 1. The zero-order valence-electron chi connectivity index (χ0n) is 7.28. The molecule has 1 atom stereocenters. The fourth-order valence-electron chi connectivity index (χ4n) is 0.633. The molecule has 1 unspecified atom stereocenters. The fraction of sp³-hybridized carbons (Fsp3) is 0.714. The molecule has 0 bridgehead atoms. The maximum atomic E-state index is 5.72. The number of hydrogen-bond donors (Lipinski definition) is 1. The Morgan fingerprint density at radius 3 is 2.83 bits per heavy atom.